The number of methoxy groups -OCH3 is 1. The highest BCUT2D eigenvalue weighted by Gasteiger charge is 2.09. The van der Waals surface area contributed by atoms with Crippen molar-refractivity contribution in [3.8, 4) is 0 Å². The summed E-state index contributed by atoms with van der Waals surface area (Å²) in [7, 11) is 1.62. The van der Waals surface area contributed by atoms with Gasteiger partial charge in [0.1, 0.15) is 0 Å². The second kappa shape index (κ2) is 13.0. The fourth-order valence-electron chi connectivity index (χ4n) is 2.76. The van der Waals surface area contributed by atoms with Crippen LogP contribution in [0, 0.1) is 0 Å². The van der Waals surface area contributed by atoms with E-state index in [-0.39, 0.29) is 24.3 Å². The van der Waals surface area contributed by atoms with E-state index in [1.54, 1.807) is 55.6 Å². The summed E-state index contributed by atoms with van der Waals surface area (Å²) in [5.74, 6) is -0.615. The summed E-state index contributed by atoms with van der Waals surface area (Å²) < 4.78 is 4.96. The zero-order valence-electron chi connectivity index (χ0n) is 18.0. The minimum Gasteiger partial charge on any atom is -0.385 e. The van der Waals surface area contributed by atoms with Gasteiger partial charge in [-0.05, 0) is 49.2 Å². The number of ether oxygens (including phenoxy) is 1. The Kier molecular flexibility index (Phi) is 10.0. The Hall–Kier alpha value is -3.39. The molecule has 0 atom stereocenters. The Morgan fingerprint density at radius 3 is 2.13 bits per heavy atom. The molecular formula is C23H30N4O4. The van der Waals surface area contributed by atoms with Crippen molar-refractivity contribution >= 4 is 29.1 Å². The monoisotopic (exact) mass is 426 g/mol. The summed E-state index contributed by atoms with van der Waals surface area (Å²) >= 11 is 0. The highest BCUT2D eigenvalue weighted by atomic mass is 16.5. The third-order valence-electron chi connectivity index (χ3n) is 4.33. The molecule has 0 bridgehead atoms. The second-order valence-electron chi connectivity index (χ2n) is 6.92. The van der Waals surface area contributed by atoms with Gasteiger partial charge in [0.2, 0.25) is 5.91 Å². The van der Waals surface area contributed by atoms with Crippen LogP contribution in [0.1, 0.15) is 40.5 Å². The van der Waals surface area contributed by atoms with Crippen molar-refractivity contribution in [1.82, 2.24) is 10.6 Å². The number of hydrogen-bond acceptors (Lipinski definition) is 5. The number of hydrogen-bond donors (Lipinski definition) is 4. The van der Waals surface area contributed by atoms with Crippen LogP contribution in [0.2, 0.25) is 0 Å². The molecule has 0 radical (unpaired) electrons. The van der Waals surface area contributed by atoms with Gasteiger partial charge < -0.3 is 26.0 Å². The van der Waals surface area contributed by atoms with Gasteiger partial charge >= 0.3 is 0 Å². The van der Waals surface area contributed by atoms with Crippen LogP contribution in [0.3, 0.4) is 0 Å². The lowest BCUT2D eigenvalue weighted by Crippen LogP contribution is -2.26. The fourth-order valence-corrected chi connectivity index (χ4v) is 2.76. The van der Waals surface area contributed by atoms with Crippen molar-refractivity contribution in [2.75, 3.05) is 44.0 Å². The normalized spacial score (nSPS) is 10.3. The van der Waals surface area contributed by atoms with Gasteiger partial charge in [-0.15, -0.1) is 0 Å². The molecule has 0 spiro atoms. The molecule has 0 saturated heterocycles. The molecule has 0 saturated carbocycles. The van der Waals surface area contributed by atoms with E-state index in [9.17, 15) is 14.4 Å². The molecule has 0 fully saturated rings. The number of rotatable bonds is 12. The van der Waals surface area contributed by atoms with Gasteiger partial charge in [0, 0.05) is 49.3 Å². The summed E-state index contributed by atoms with van der Waals surface area (Å²) in [6, 6.07) is 13.7. The van der Waals surface area contributed by atoms with Crippen LogP contribution in [-0.2, 0) is 9.53 Å². The molecule has 0 unspecified atom stereocenters. The van der Waals surface area contributed by atoms with Crippen molar-refractivity contribution in [3.63, 3.8) is 0 Å². The molecule has 4 N–H and O–H groups in total. The first kappa shape index (κ1) is 23.9. The summed E-state index contributed by atoms with van der Waals surface area (Å²) in [6.07, 6.45) is 1.59. The van der Waals surface area contributed by atoms with Crippen molar-refractivity contribution < 1.29 is 19.1 Å². The molecule has 2 aromatic rings. The predicted octanol–water partition coefficient (Wildman–Crippen LogP) is 2.64. The topological polar surface area (TPSA) is 109 Å². The van der Waals surface area contributed by atoms with E-state index in [1.807, 2.05) is 6.92 Å². The largest absolute Gasteiger partial charge is 0.385 e. The van der Waals surface area contributed by atoms with E-state index in [2.05, 4.69) is 21.3 Å². The SMILES string of the molecule is CCCNC(=O)c1cccc(NC(=O)CNc2cccc(C(=O)NCCCOC)c2)c1. The molecule has 31 heavy (non-hydrogen) atoms. The average molecular weight is 427 g/mol. The number of nitrogens with one attached hydrogen (secondary N) is 4. The number of anilines is 2. The molecule has 0 aliphatic carbocycles. The van der Waals surface area contributed by atoms with Gasteiger partial charge in [0.05, 0.1) is 6.54 Å². The van der Waals surface area contributed by atoms with Crippen LogP contribution in [0.5, 0.6) is 0 Å². The van der Waals surface area contributed by atoms with Gasteiger partial charge in [0.15, 0.2) is 0 Å². The van der Waals surface area contributed by atoms with E-state index in [4.69, 9.17) is 4.74 Å². The maximum atomic E-state index is 12.3. The Morgan fingerprint density at radius 2 is 1.48 bits per heavy atom. The summed E-state index contributed by atoms with van der Waals surface area (Å²) in [6.45, 7) is 3.72. The molecule has 0 aromatic heterocycles. The quantitative estimate of drug-likeness (QED) is 0.390. The Labute approximate surface area is 182 Å². The maximum Gasteiger partial charge on any atom is 0.251 e. The summed E-state index contributed by atoms with van der Waals surface area (Å²) in [4.78, 5) is 36.6. The van der Waals surface area contributed by atoms with Crippen molar-refractivity contribution in [3.05, 3.63) is 59.7 Å². The highest BCUT2D eigenvalue weighted by molar-refractivity contribution is 5.98. The van der Waals surface area contributed by atoms with Crippen LogP contribution in [-0.4, -0.2) is 51.1 Å². The Morgan fingerprint density at radius 1 is 0.871 bits per heavy atom. The Balaban J connectivity index is 1.86. The standard InChI is InChI=1S/C23H30N4O4/c1-3-11-24-22(29)18-8-5-10-20(15-18)27-21(28)16-26-19-9-4-7-17(14-19)23(30)25-12-6-13-31-2/h4-5,7-10,14-15,26H,3,6,11-13,16H2,1-2H3,(H,24,29)(H,25,30)(H,27,28). The lowest BCUT2D eigenvalue weighted by molar-refractivity contribution is -0.114. The minimum atomic E-state index is -0.263. The number of amides is 3. The summed E-state index contributed by atoms with van der Waals surface area (Å²) in [5, 5.41) is 11.4. The van der Waals surface area contributed by atoms with Gasteiger partial charge in [-0.2, -0.15) is 0 Å². The fraction of sp³-hybridized carbons (Fsp3) is 0.348. The molecule has 2 aromatic carbocycles. The molecular weight excluding hydrogens is 396 g/mol. The smallest absolute Gasteiger partial charge is 0.251 e. The number of benzene rings is 2. The molecule has 0 aliphatic heterocycles. The third-order valence-corrected chi connectivity index (χ3v) is 4.33. The van der Waals surface area contributed by atoms with Crippen molar-refractivity contribution in [2.24, 2.45) is 0 Å². The van der Waals surface area contributed by atoms with Crippen molar-refractivity contribution in [2.45, 2.75) is 19.8 Å². The zero-order chi connectivity index (χ0) is 22.5. The van der Waals surface area contributed by atoms with E-state index < -0.39 is 0 Å². The first-order valence-corrected chi connectivity index (χ1v) is 10.3. The number of carbonyl (C=O) groups excluding carboxylic acids is 3. The van der Waals surface area contributed by atoms with Crippen LogP contribution in [0.15, 0.2) is 48.5 Å². The predicted molar refractivity (Wildman–Crippen MR) is 121 cm³/mol. The second-order valence-corrected chi connectivity index (χ2v) is 6.92. The van der Waals surface area contributed by atoms with E-state index >= 15 is 0 Å². The van der Waals surface area contributed by atoms with E-state index in [0.29, 0.717) is 42.2 Å². The average Bonchev–Trinajstić information content (AvgIpc) is 2.79. The van der Waals surface area contributed by atoms with Crippen molar-refractivity contribution in [1.29, 1.82) is 0 Å². The van der Waals surface area contributed by atoms with E-state index in [0.717, 1.165) is 12.8 Å². The van der Waals surface area contributed by atoms with Gasteiger partial charge in [-0.1, -0.05) is 19.1 Å². The lowest BCUT2D eigenvalue weighted by Gasteiger charge is -2.10. The third kappa shape index (κ3) is 8.47. The lowest BCUT2D eigenvalue weighted by atomic mass is 10.2. The van der Waals surface area contributed by atoms with Gasteiger partial charge in [-0.3, -0.25) is 14.4 Å². The first-order chi connectivity index (χ1) is 15.0. The van der Waals surface area contributed by atoms with Crippen LogP contribution in [0.4, 0.5) is 11.4 Å². The molecule has 8 heteroatoms. The van der Waals surface area contributed by atoms with Gasteiger partial charge in [0.25, 0.3) is 11.8 Å². The molecule has 0 aliphatic rings. The van der Waals surface area contributed by atoms with Crippen LogP contribution in [0.25, 0.3) is 0 Å². The molecule has 0 heterocycles. The summed E-state index contributed by atoms with van der Waals surface area (Å²) in [5.41, 5.74) is 2.20. The maximum absolute atomic E-state index is 12.3. The Bertz CT molecular complexity index is 885. The van der Waals surface area contributed by atoms with Crippen LogP contribution >= 0.6 is 0 Å². The minimum absolute atomic E-state index is 0.0190. The first-order valence-electron chi connectivity index (χ1n) is 10.3. The van der Waals surface area contributed by atoms with Crippen LogP contribution < -0.4 is 21.3 Å². The molecule has 166 valence electrons. The zero-order valence-corrected chi connectivity index (χ0v) is 18.0. The van der Waals surface area contributed by atoms with Gasteiger partial charge in [-0.25, -0.2) is 0 Å². The van der Waals surface area contributed by atoms with E-state index in [1.165, 1.54) is 0 Å². The molecule has 3 amide bonds. The molecule has 8 nitrogen and oxygen atoms in total. The number of carbonyl (C=O) groups is 3. The molecule has 2 rings (SSSR count). The highest BCUT2D eigenvalue weighted by Crippen LogP contribution is 2.12.